The lowest BCUT2D eigenvalue weighted by Gasteiger charge is -2.15. The van der Waals surface area contributed by atoms with Gasteiger partial charge >= 0.3 is 0 Å². The van der Waals surface area contributed by atoms with Gasteiger partial charge in [-0.2, -0.15) is 0 Å². The van der Waals surface area contributed by atoms with Gasteiger partial charge in [0.2, 0.25) is 0 Å². The summed E-state index contributed by atoms with van der Waals surface area (Å²) in [6.45, 7) is 1.92. The fourth-order valence-electron chi connectivity index (χ4n) is 1.54. The van der Waals surface area contributed by atoms with Crippen molar-refractivity contribution in [3.8, 4) is 5.75 Å². The number of carbonyl (C=O) groups is 1. The smallest absolute Gasteiger partial charge is 0.176 e. The maximum absolute atomic E-state index is 11.8. The SMILES string of the molecule is COCCCN(C)CC(=O)c1ccc(O)cc1. The number of Topliss-reactive ketones (excluding diaryl/α,β-unsaturated/α-hetero) is 1. The van der Waals surface area contributed by atoms with Crippen LogP contribution in [0.15, 0.2) is 24.3 Å². The van der Waals surface area contributed by atoms with Crippen molar-refractivity contribution in [3.63, 3.8) is 0 Å². The van der Waals surface area contributed by atoms with Crippen LogP contribution in [0.3, 0.4) is 0 Å². The lowest BCUT2D eigenvalue weighted by molar-refractivity contribution is 0.0938. The van der Waals surface area contributed by atoms with Gasteiger partial charge in [0.25, 0.3) is 0 Å². The predicted molar refractivity (Wildman–Crippen MR) is 66.4 cm³/mol. The first-order valence-electron chi connectivity index (χ1n) is 5.63. The minimum atomic E-state index is 0.0601. The molecule has 0 fully saturated rings. The minimum absolute atomic E-state index is 0.0601. The second-order valence-corrected chi connectivity index (χ2v) is 4.05. The summed E-state index contributed by atoms with van der Waals surface area (Å²) in [6, 6.07) is 6.33. The zero-order chi connectivity index (χ0) is 12.7. The Kier molecular flexibility index (Phi) is 5.66. The van der Waals surface area contributed by atoms with Crippen molar-refractivity contribution in [1.82, 2.24) is 4.90 Å². The van der Waals surface area contributed by atoms with Crippen LogP contribution < -0.4 is 0 Å². The Labute approximate surface area is 102 Å². The largest absolute Gasteiger partial charge is 0.508 e. The van der Waals surface area contributed by atoms with Gasteiger partial charge in [-0.15, -0.1) is 0 Å². The molecule has 0 unspecified atom stereocenters. The van der Waals surface area contributed by atoms with E-state index in [9.17, 15) is 4.79 Å². The molecule has 1 aromatic rings. The Morgan fingerprint density at radius 3 is 2.59 bits per heavy atom. The predicted octanol–water partition coefficient (Wildman–Crippen LogP) is 1.54. The van der Waals surface area contributed by atoms with Crippen LogP contribution in [0.4, 0.5) is 0 Å². The average Bonchev–Trinajstić information content (AvgIpc) is 2.30. The molecule has 4 heteroatoms. The number of hydrogen-bond acceptors (Lipinski definition) is 4. The highest BCUT2D eigenvalue weighted by atomic mass is 16.5. The van der Waals surface area contributed by atoms with Crippen molar-refractivity contribution < 1.29 is 14.6 Å². The third-order valence-corrected chi connectivity index (χ3v) is 2.49. The fraction of sp³-hybridized carbons (Fsp3) is 0.462. The third-order valence-electron chi connectivity index (χ3n) is 2.49. The number of methoxy groups -OCH3 is 1. The Balaban J connectivity index is 2.40. The Morgan fingerprint density at radius 2 is 2.00 bits per heavy atom. The van der Waals surface area contributed by atoms with E-state index < -0.39 is 0 Å². The van der Waals surface area contributed by atoms with Crippen molar-refractivity contribution >= 4 is 5.78 Å². The Bertz CT molecular complexity index is 348. The molecule has 1 N–H and O–H groups in total. The number of carbonyl (C=O) groups excluding carboxylic acids is 1. The van der Waals surface area contributed by atoms with Gasteiger partial charge in [-0.05, 0) is 37.7 Å². The second-order valence-electron chi connectivity index (χ2n) is 4.05. The van der Waals surface area contributed by atoms with E-state index in [4.69, 9.17) is 9.84 Å². The maximum Gasteiger partial charge on any atom is 0.176 e. The molecule has 1 rings (SSSR count). The van der Waals surface area contributed by atoms with E-state index in [1.165, 1.54) is 12.1 Å². The molecule has 0 heterocycles. The van der Waals surface area contributed by atoms with Crippen LogP contribution in [0.1, 0.15) is 16.8 Å². The summed E-state index contributed by atoms with van der Waals surface area (Å²) in [6.07, 6.45) is 0.913. The summed E-state index contributed by atoms with van der Waals surface area (Å²) in [5.41, 5.74) is 0.626. The quantitative estimate of drug-likeness (QED) is 0.577. The summed E-state index contributed by atoms with van der Waals surface area (Å²) >= 11 is 0. The topological polar surface area (TPSA) is 49.8 Å². The first-order valence-corrected chi connectivity index (χ1v) is 5.63. The normalized spacial score (nSPS) is 10.8. The van der Waals surface area contributed by atoms with Crippen LogP contribution in [0.25, 0.3) is 0 Å². The highest BCUT2D eigenvalue weighted by Gasteiger charge is 2.08. The van der Waals surface area contributed by atoms with Crippen LogP contribution in [0.2, 0.25) is 0 Å². The lowest BCUT2D eigenvalue weighted by atomic mass is 10.1. The summed E-state index contributed by atoms with van der Waals surface area (Å²) < 4.78 is 4.96. The standard InChI is InChI=1S/C13H19NO3/c1-14(8-3-9-17-2)10-13(16)11-4-6-12(15)7-5-11/h4-7,15H,3,8-10H2,1-2H3. The molecule has 0 saturated carbocycles. The Morgan fingerprint density at radius 1 is 1.35 bits per heavy atom. The molecule has 94 valence electrons. The maximum atomic E-state index is 11.8. The van der Waals surface area contributed by atoms with Crippen LogP contribution in [0.5, 0.6) is 5.75 Å². The number of ether oxygens (including phenoxy) is 1. The van der Waals surface area contributed by atoms with Gasteiger partial charge in [0.1, 0.15) is 5.75 Å². The minimum Gasteiger partial charge on any atom is -0.508 e. The number of phenols is 1. The number of benzene rings is 1. The number of rotatable bonds is 7. The second kappa shape index (κ2) is 7.04. The van der Waals surface area contributed by atoms with E-state index in [2.05, 4.69) is 0 Å². The fourth-order valence-corrected chi connectivity index (χ4v) is 1.54. The molecular weight excluding hydrogens is 218 g/mol. The van der Waals surface area contributed by atoms with E-state index in [1.54, 1.807) is 19.2 Å². The lowest BCUT2D eigenvalue weighted by Crippen LogP contribution is -2.27. The first-order chi connectivity index (χ1) is 8.13. The molecule has 0 radical (unpaired) electrons. The summed E-state index contributed by atoms with van der Waals surface area (Å²) in [4.78, 5) is 13.8. The number of aromatic hydroxyl groups is 1. The van der Waals surface area contributed by atoms with Gasteiger partial charge in [-0.1, -0.05) is 0 Å². The molecule has 0 spiro atoms. The number of nitrogens with zero attached hydrogens (tertiary/aromatic N) is 1. The first kappa shape index (κ1) is 13.7. The van der Waals surface area contributed by atoms with Gasteiger partial charge < -0.3 is 9.84 Å². The highest BCUT2D eigenvalue weighted by molar-refractivity contribution is 5.97. The molecule has 0 aliphatic heterocycles. The van der Waals surface area contributed by atoms with Crippen LogP contribution in [-0.4, -0.2) is 49.6 Å². The molecule has 17 heavy (non-hydrogen) atoms. The zero-order valence-corrected chi connectivity index (χ0v) is 10.3. The molecular formula is C13H19NO3. The van der Waals surface area contributed by atoms with Crippen LogP contribution in [0, 0.1) is 0 Å². The summed E-state index contributed by atoms with van der Waals surface area (Å²) in [5, 5.41) is 9.13. The van der Waals surface area contributed by atoms with Crippen LogP contribution in [-0.2, 0) is 4.74 Å². The number of ketones is 1. The third kappa shape index (κ3) is 4.97. The van der Waals surface area contributed by atoms with Gasteiger partial charge in [-0.25, -0.2) is 0 Å². The van der Waals surface area contributed by atoms with Gasteiger partial charge in [0, 0.05) is 25.8 Å². The molecule has 0 aliphatic carbocycles. The molecule has 0 bridgehead atoms. The van der Waals surface area contributed by atoms with E-state index in [0.29, 0.717) is 18.7 Å². The molecule has 0 atom stereocenters. The van der Waals surface area contributed by atoms with E-state index in [-0.39, 0.29) is 11.5 Å². The zero-order valence-electron chi connectivity index (χ0n) is 10.3. The molecule has 0 aliphatic rings. The van der Waals surface area contributed by atoms with Gasteiger partial charge in [0.15, 0.2) is 5.78 Å². The van der Waals surface area contributed by atoms with Crippen molar-refractivity contribution in [2.75, 3.05) is 33.9 Å². The van der Waals surface area contributed by atoms with Gasteiger partial charge in [0.05, 0.1) is 6.54 Å². The molecule has 0 saturated heterocycles. The molecule has 4 nitrogen and oxygen atoms in total. The monoisotopic (exact) mass is 237 g/mol. The number of likely N-dealkylation sites (N-methyl/N-ethyl adjacent to an activating group) is 1. The van der Waals surface area contributed by atoms with E-state index in [1.807, 2.05) is 11.9 Å². The van der Waals surface area contributed by atoms with Crippen LogP contribution >= 0.6 is 0 Å². The van der Waals surface area contributed by atoms with Crippen molar-refractivity contribution in [3.05, 3.63) is 29.8 Å². The van der Waals surface area contributed by atoms with Crippen molar-refractivity contribution in [2.24, 2.45) is 0 Å². The summed E-state index contributed by atoms with van der Waals surface area (Å²) in [7, 11) is 3.58. The van der Waals surface area contributed by atoms with E-state index in [0.717, 1.165) is 13.0 Å². The molecule has 0 amide bonds. The number of phenolic OH excluding ortho intramolecular Hbond substituents is 1. The van der Waals surface area contributed by atoms with Gasteiger partial charge in [-0.3, -0.25) is 9.69 Å². The Hall–Kier alpha value is -1.39. The average molecular weight is 237 g/mol. The van der Waals surface area contributed by atoms with Crippen molar-refractivity contribution in [2.45, 2.75) is 6.42 Å². The number of hydrogen-bond donors (Lipinski definition) is 1. The van der Waals surface area contributed by atoms with E-state index >= 15 is 0 Å². The summed E-state index contributed by atoms with van der Waals surface area (Å²) in [5.74, 6) is 0.236. The van der Waals surface area contributed by atoms with Crippen molar-refractivity contribution in [1.29, 1.82) is 0 Å². The highest BCUT2D eigenvalue weighted by Crippen LogP contribution is 2.10. The molecule has 0 aromatic heterocycles. The molecule has 1 aromatic carbocycles.